The third kappa shape index (κ3) is 3.00. The van der Waals surface area contributed by atoms with Gasteiger partial charge >= 0.3 is 5.69 Å². The molecule has 1 saturated carbocycles. The van der Waals surface area contributed by atoms with Crippen LogP contribution in [0.1, 0.15) is 38.2 Å². The number of benzene rings is 1. The number of carbonyl (C=O) groups excluding carboxylic acids is 1. The maximum atomic E-state index is 13.7. The topological polar surface area (TPSA) is 58.4 Å². The van der Waals surface area contributed by atoms with Crippen molar-refractivity contribution in [2.24, 2.45) is 5.41 Å². The fraction of sp³-hybridized carbons (Fsp3) is 0.542. The molecule has 0 radical (unpaired) electrons. The molecule has 2 bridgehead atoms. The van der Waals surface area contributed by atoms with Crippen LogP contribution in [0.5, 0.6) is 0 Å². The summed E-state index contributed by atoms with van der Waals surface area (Å²) >= 11 is 0. The smallest absolute Gasteiger partial charge is 0.333 e. The van der Waals surface area contributed by atoms with Crippen molar-refractivity contribution in [2.75, 3.05) is 7.05 Å². The van der Waals surface area contributed by atoms with Crippen LogP contribution in [0.3, 0.4) is 0 Å². The average molecular weight is 407 g/mol. The maximum absolute atomic E-state index is 13.7. The van der Waals surface area contributed by atoms with Gasteiger partial charge in [0.25, 0.3) is 0 Å². The van der Waals surface area contributed by atoms with Gasteiger partial charge in [0.1, 0.15) is 6.54 Å². The minimum absolute atomic E-state index is 0.0444. The number of hydrogen-bond donors (Lipinski definition) is 0. The number of piperidine rings is 1. The molecule has 5 rings (SSSR count). The number of amides is 1. The Kier molecular flexibility index (Phi) is 4.77. The first-order valence-corrected chi connectivity index (χ1v) is 11.1. The van der Waals surface area contributed by atoms with E-state index in [1.807, 2.05) is 6.07 Å². The Morgan fingerprint density at radius 3 is 2.70 bits per heavy atom. The number of fused-ring (bicyclic) bond motifs is 1. The number of nitrogens with zero attached hydrogens (tertiary/aromatic N) is 4. The van der Waals surface area contributed by atoms with Crippen molar-refractivity contribution in [3.63, 3.8) is 0 Å². The van der Waals surface area contributed by atoms with E-state index in [2.05, 4.69) is 53.0 Å². The van der Waals surface area contributed by atoms with Gasteiger partial charge in [0.2, 0.25) is 5.91 Å². The summed E-state index contributed by atoms with van der Waals surface area (Å²) in [5.41, 5.74) is 1.02. The second kappa shape index (κ2) is 7.34. The van der Waals surface area contributed by atoms with Crippen molar-refractivity contribution >= 4 is 5.91 Å². The highest BCUT2D eigenvalue weighted by Crippen LogP contribution is 2.55. The van der Waals surface area contributed by atoms with Gasteiger partial charge in [0.05, 0.1) is 6.04 Å². The van der Waals surface area contributed by atoms with Crippen molar-refractivity contribution in [1.82, 2.24) is 19.4 Å². The lowest BCUT2D eigenvalue weighted by Gasteiger charge is -2.53. The largest absolute Gasteiger partial charge is 0.347 e. The van der Waals surface area contributed by atoms with Crippen LogP contribution in [0.25, 0.3) is 0 Å². The van der Waals surface area contributed by atoms with E-state index in [0.717, 1.165) is 25.7 Å². The van der Waals surface area contributed by atoms with E-state index in [-0.39, 0.29) is 35.6 Å². The van der Waals surface area contributed by atoms with E-state index in [1.165, 1.54) is 22.7 Å². The molecule has 0 N–H and O–H groups in total. The molecule has 0 unspecified atom stereocenters. The zero-order chi connectivity index (χ0) is 20.9. The summed E-state index contributed by atoms with van der Waals surface area (Å²) in [6.45, 7) is 2.44. The summed E-state index contributed by atoms with van der Waals surface area (Å²) in [5.74, 6) is 0.0444. The molecule has 3 fully saturated rings. The van der Waals surface area contributed by atoms with Crippen LogP contribution < -0.4 is 5.69 Å². The third-order valence-electron chi connectivity index (χ3n) is 7.94. The molecule has 2 saturated heterocycles. The Hall–Kier alpha value is -2.47. The van der Waals surface area contributed by atoms with E-state index in [0.29, 0.717) is 12.1 Å². The Morgan fingerprint density at radius 1 is 1.17 bits per heavy atom. The lowest BCUT2D eigenvalue weighted by Crippen LogP contribution is -2.63. The van der Waals surface area contributed by atoms with Crippen LogP contribution in [0.4, 0.5) is 0 Å². The average Bonchev–Trinajstić information content (AvgIpc) is 3.01. The van der Waals surface area contributed by atoms with Crippen LogP contribution in [0.15, 0.2) is 53.6 Å². The van der Waals surface area contributed by atoms with Crippen LogP contribution in [0.2, 0.25) is 0 Å². The summed E-state index contributed by atoms with van der Waals surface area (Å²) in [6.07, 6.45) is 8.54. The SMILES string of the molecule is CN1[C@H]2CCC[C@H]3N(C(=O)Cn4cccnc4=O)[C@H](Cc4ccccc4)[C@@H]1C[C@@]23C. The van der Waals surface area contributed by atoms with Gasteiger partial charge in [-0.1, -0.05) is 37.3 Å². The number of aromatic nitrogens is 2. The molecular weight excluding hydrogens is 376 g/mol. The molecule has 1 aromatic carbocycles. The van der Waals surface area contributed by atoms with Gasteiger partial charge < -0.3 is 4.90 Å². The Balaban J connectivity index is 1.53. The van der Waals surface area contributed by atoms with E-state index in [4.69, 9.17) is 0 Å². The highest BCUT2D eigenvalue weighted by molar-refractivity contribution is 5.77. The molecule has 0 spiro atoms. The van der Waals surface area contributed by atoms with E-state index < -0.39 is 0 Å². The van der Waals surface area contributed by atoms with Crippen LogP contribution in [-0.4, -0.2) is 56.5 Å². The highest BCUT2D eigenvalue weighted by Gasteiger charge is 2.62. The van der Waals surface area contributed by atoms with Gasteiger partial charge in [-0.05, 0) is 50.8 Å². The molecule has 6 heteroatoms. The maximum Gasteiger partial charge on any atom is 0.347 e. The standard InChI is InChI=1S/C24H30N4O2/c1-24-15-19-18(14-17-8-4-3-5-9-17)28(21(24)11-6-10-20(24)26(19)2)22(29)16-27-13-7-12-25-23(27)30/h3-5,7-9,12-13,18-21H,6,10-11,14-16H2,1-2H3/t18-,19+,20+,21-,24+/m1/s1. The van der Waals surface area contributed by atoms with E-state index in [9.17, 15) is 9.59 Å². The molecular formula is C24H30N4O2. The fourth-order valence-electron chi connectivity index (χ4n) is 6.62. The molecule has 30 heavy (non-hydrogen) atoms. The van der Waals surface area contributed by atoms with Crippen molar-refractivity contribution in [3.8, 4) is 0 Å². The normalized spacial score (nSPS) is 32.9. The number of likely N-dealkylation sites (tertiary alicyclic amines) is 2. The van der Waals surface area contributed by atoms with Gasteiger partial charge in [-0.3, -0.25) is 14.3 Å². The molecule has 1 amide bonds. The van der Waals surface area contributed by atoms with Gasteiger partial charge in [-0.15, -0.1) is 0 Å². The van der Waals surface area contributed by atoms with Gasteiger partial charge in [-0.2, -0.15) is 0 Å². The number of rotatable bonds is 4. The predicted octanol–water partition coefficient (Wildman–Crippen LogP) is 2.33. The zero-order valence-corrected chi connectivity index (χ0v) is 17.8. The highest BCUT2D eigenvalue weighted by atomic mass is 16.2. The zero-order valence-electron chi connectivity index (χ0n) is 17.8. The Morgan fingerprint density at radius 2 is 1.93 bits per heavy atom. The van der Waals surface area contributed by atoms with Gasteiger partial charge in [-0.25, -0.2) is 9.78 Å². The van der Waals surface area contributed by atoms with Gasteiger partial charge in [0.15, 0.2) is 0 Å². The lowest BCUT2D eigenvalue weighted by molar-refractivity contribution is -0.145. The molecule has 3 aliphatic rings. The Bertz CT molecular complexity index is 990. The molecule has 2 aliphatic heterocycles. The number of likely N-dealkylation sites (N-methyl/N-ethyl adjacent to an activating group) is 1. The predicted molar refractivity (Wildman–Crippen MR) is 115 cm³/mol. The van der Waals surface area contributed by atoms with Crippen LogP contribution in [0, 0.1) is 5.41 Å². The second-order valence-corrected chi connectivity index (χ2v) is 9.49. The minimum Gasteiger partial charge on any atom is -0.333 e. The number of hydrogen-bond acceptors (Lipinski definition) is 4. The molecule has 2 aromatic rings. The van der Waals surface area contributed by atoms with Crippen LogP contribution in [-0.2, 0) is 17.8 Å². The summed E-state index contributed by atoms with van der Waals surface area (Å²) in [6, 6.07) is 13.4. The van der Waals surface area contributed by atoms with Crippen molar-refractivity contribution in [1.29, 1.82) is 0 Å². The quantitative estimate of drug-likeness (QED) is 0.782. The molecule has 3 heterocycles. The monoisotopic (exact) mass is 406 g/mol. The summed E-state index contributed by atoms with van der Waals surface area (Å²) in [4.78, 5) is 34.4. The summed E-state index contributed by atoms with van der Waals surface area (Å²) in [5, 5.41) is 0. The molecule has 5 atom stereocenters. The van der Waals surface area contributed by atoms with Crippen molar-refractivity contribution in [3.05, 3.63) is 64.8 Å². The fourth-order valence-corrected chi connectivity index (χ4v) is 6.62. The second-order valence-electron chi connectivity index (χ2n) is 9.49. The molecule has 1 aromatic heterocycles. The molecule has 6 nitrogen and oxygen atoms in total. The third-order valence-corrected chi connectivity index (χ3v) is 7.94. The van der Waals surface area contributed by atoms with E-state index >= 15 is 0 Å². The summed E-state index contributed by atoms with van der Waals surface area (Å²) < 4.78 is 1.44. The molecule has 158 valence electrons. The first-order valence-electron chi connectivity index (χ1n) is 11.1. The molecule has 1 aliphatic carbocycles. The van der Waals surface area contributed by atoms with Crippen molar-refractivity contribution < 1.29 is 4.79 Å². The first kappa shape index (κ1) is 19.5. The van der Waals surface area contributed by atoms with Gasteiger partial charge in [0, 0.05) is 35.9 Å². The van der Waals surface area contributed by atoms with Crippen molar-refractivity contribution in [2.45, 2.75) is 69.7 Å². The number of carbonyl (C=O) groups is 1. The summed E-state index contributed by atoms with van der Waals surface area (Å²) in [7, 11) is 2.25. The van der Waals surface area contributed by atoms with Crippen LogP contribution >= 0.6 is 0 Å². The van der Waals surface area contributed by atoms with E-state index in [1.54, 1.807) is 12.3 Å². The minimum atomic E-state index is -0.365. The Labute approximate surface area is 177 Å². The lowest BCUT2D eigenvalue weighted by atomic mass is 9.64. The first-order chi connectivity index (χ1) is 14.5.